The summed E-state index contributed by atoms with van der Waals surface area (Å²) in [6, 6.07) is 0. The standard InChI is InChI=1S/C2N4S2/c3-1-2(8-5-3)4-6-7-1. The molecular weight excluding hydrogens is 144 g/mol. The lowest BCUT2D eigenvalue weighted by Crippen LogP contribution is -1.56. The van der Waals surface area contributed by atoms with Gasteiger partial charge in [-0.05, 0) is 0 Å². The second kappa shape index (κ2) is 1.43. The molecule has 0 aliphatic rings. The van der Waals surface area contributed by atoms with E-state index in [1.807, 2.05) is 0 Å². The minimum Gasteiger partial charge on any atom is -0.123 e. The van der Waals surface area contributed by atoms with E-state index in [1.54, 1.807) is 0 Å². The van der Waals surface area contributed by atoms with Crippen LogP contribution in [-0.2, 0) is 0 Å². The third kappa shape index (κ3) is 0.436. The van der Waals surface area contributed by atoms with Gasteiger partial charge in [0.2, 0.25) is 0 Å². The van der Waals surface area contributed by atoms with Gasteiger partial charge in [-0.3, -0.25) is 0 Å². The first-order valence-corrected chi connectivity index (χ1v) is 3.42. The van der Waals surface area contributed by atoms with Crippen molar-refractivity contribution in [1.29, 1.82) is 0 Å². The lowest BCUT2D eigenvalue weighted by Gasteiger charge is -1.53. The molecule has 2 rings (SSSR count). The summed E-state index contributed by atoms with van der Waals surface area (Å²) in [6.07, 6.45) is 0. The normalized spacial score (nSPS) is 10.5. The van der Waals surface area contributed by atoms with Crippen LogP contribution in [0.4, 0.5) is 0 Å². The minimum atomic E-state index is 0.829. The summed E-state index contributed by atoms with van der Waals surface area (Å²) in [5.74, 6) is 0. The fourth-order valence-corrected chi connectivity index (χ4v) is 1.51. The van der Waals surface area contributed by atoms with Crippen LogP contribution < -0.4 is 0 Å². The molecule has 0 unspecified atom stereocenters. The number of fused-ring (bicyclic) bond motifs is 1. The SMILES string of the molecule is n1nc2snnc2s1. The summed E-state index contributed by atoms with van der Waals surface area (Å²) < 4.78 is 7.32. The fraction of sp³-hybridized carbons (Fsp3) is 0. The Morgan fingerprint density at radius 3 is 1.88 bits per heavy atom. The lowest BCUT2D eigenvalue weighted by molar-refractivity contribution is 1.21. The molecule has 2 heterocycles. The highest BCUT2D eigenvalue weighted by Crippen LogP contribution is 2.13. The molecule has 0 aliphatic heterocycles. The van der Waals surface area contributed by atoms with Gasteiger partial charge >= 0.3 is 0 Å². The van der Waals surface area contributed by atoms with Gasteiger partial charge in [0.05, 0.1) is 0 Å². The summed E-state index contributed by atoms with van der Waals surface area (Å²) in [4.78, 5) is 1.66. The molecule has 0 spiro atoms. The van der Waals surface area contributed by atoms with Crippen LogP contribution in [0.15, 0.2) is 0 Å². The maximum atomic E-state index is 3.74. The summed E-state index contributed by atoms with van der Waals surface area (Å²) in [6.45, 7) is 0. The van der Waals surface area contributed by atoms with E-state index in [4.69, 9.17) is 0 Å². The second-order valence-electron chi connectivity index (χ2n) is 1.16. The largest absolute Gasteiger partial charge is 0.199 e. The van der Waals surface area contributed by atoms with Crippen molar-refractivity contribution in [1.82, 2.24) is 19.2 Å². The number of hydrogen-bond acceptors (Lipinski definition) is 6. The van der Waals surface area contributed by atoms with E-state index in [9.17, 15) is 0 Å². The Hall–Kier alpha value is -0.620. The zero-order valence-electron chi connectivity index (χ0n) is 3.61. The third-order valence-electron chi connectivity index (χ3n) is 0.701. The highest BCUT2D eigenvalue weighted by atomic mass is 32.1. The zero-order chi connectivity index (χ0) is 5.40. The van der Waals surface area contributed by atoms with Crippen LogP contribution in [-0.4, -0.2) is 19.2 Å². The first-order chi connectivity index (χ1) is 3.97. The second-order valence-corrected chi connectivity index (χ2v) is 2.62. The molecule has 0 atom stereocenters. The van der Waals surface area contributed by atoms with E-state index >= 15 is 0 Å². The van der Waals surface area contributed by atoms with Crippen molar-refractivity contribution in [2.75, 3.05) is 0 Å². The summed E-state index contributed by atoms with van der Waals surface area (Å²) in [5.41, 5.74) is 0. The summed E-state index contributed by atoms with van der Waals surface area (Å²) in [5, 5.41) is 7.48. The minimum absolute atomic E-state index is 0.829. The van der Waals surface area contributed by atoms with Crippen LogP contribution in [0.5, 0.6) is 0 Å². The lowest BCUT2D eigenvalue weighted by atomic mass is 10.9. The molecule has 4 nitrogen and oxygen atoms in total. The van der Waals surface area contributed by atoms with Crippen LogP contribution >= 0.6 is 23.1 Å². The molecule has 6 heteroatoms. The van der Waals surface area contributed by atoms with Crippen LogP contribution in [0.1, 0.15) is 0 Å². The molecule has 40 valence electrons. The molecule has 0 fully saturated rings. The molecule has 8 heavy (non-hydrogen) atoms. The predicted molar refractivity (Wildman–Crippen MR) is 30.9 cm³/mol. The topological polar surface area (TPSA) is 51.6 Å². The average molecular weight is 144 g/mol. The van der Waals surface area contributed by atoms with Gasteiger partial charge < -0.3 is 0 Å². The van der Waals surface area contributed by atoms with Crippen LogP contribution in [0.3, 0.4) is 0 Å². The van der Waals surface area contributed by atoms with Gasteiger partial charge in [-0.2, -0.15) is 0 Å². The van der Waals surface area contributed by atoms with E-state index in [1.165, 1.54) is 23.1 Å². The van der Waals surface area contributed by atoms with E-state index in [2.05, 4.69) is 19.2 Å². The zero-order valence-corrected chi connectivity index (χ0v) is 5.24. The van der Waals surface area contributed by atoms with Gasteiger partial charge in [0.1, 0.15) is 0 Å². The van der Waals surface area contributed by atoms with Crippen molar-refractivity contribution >= 4 is 32.7 Å². The first-order valence-electron chi connectivity index (χ1n) is 1.87. The molecule has 0 aliphatic carbocycles. The predicted octanol–water partition coefficient (Wildman–Crippen LogP) is 0.543. The number of hydrogen-bond donors (Lipinski definition) is 0. The van der Waals surface area contributed by atoms with Gasteiger partial charge in [0.25, 0.3) is 0 Å². The average Bonchev–Trinajstić information content (AvgIpc) is 2.15. The third-order valence-corrected chi connectivity index (χ3v) is 2.05. The Balaban J connectivity index is 3.06. The fourth-order valence-electron chi connectivity index (χ4n) is 0.392. The smallest absolute Gasteiger partial charge is 0.123 e. The Morgan fingerprint density at radius 2 is 1.38 bits per heavy atom. The highest BCUT2D eigenvalue weighted by Gasteiger charge is 1.98. The molecule has 0 radical (unpaired) electrons. The molecule has 0 amide bonds. The number of aromatic nitrogens is 4. The van der Waals surface area contributed by atoms with Crippen molar-refractivity contribution in [2.24, 2.45) is 0 Å². The van der Waals surface area contributed by atoms with Crippen molar-refractivity contribution in [3.63, 3.8) is 0 Å². The number of nitrogens with zero attached hydrogens (tertiary/aromatic N) is 4. The summed E-state index contributed by atoms with van der Waals surface area (Å²) in [7, 11) is 0. The van der Waals surface area contributed by atoms with Crippen LogP contribution in [0, 0.1) is 0 Å². The molecule has 0 aromatic carbocycles. The molecule has 0 saturated heterocycles. The van der Waals surface area contributed by atoms with Gasteiger partial charge in [-0.15, -0.1) is 10.2 Å². The van der Waals surface area contributed by atoms with Gasteiger partial charge in [0, 0.05) is 23.1 Å². The summed E-state index contributed by atoms with van der Waals surface area (Å²) >= 11 is 2.54. The van der Waals surface area contributed by atoms with Crippen LogP contribution in [0.2, 0.25) is 0 Å². The molecule has 2 aromatic rings. The van der Waals surface area contributed by atoms with E-state index in [-0.39, 0.29) is 0 Å². The van der Waals surface area contributed by atoms with Crippen molar-refractivity contribution in [2.45, 2.75) is 0 Å². The van der Waals surface area contributed by atoms with E-state index in [0.717, 1.165) is 9.66 Å². The molecule has 0 saturated carbocycles. The highest BCUT2D eigenvalue weighted by molar-refractivity contribution is 7.20. The van der Waals surface area contributed by atoms with Gasteiger partial charge in [-0.1, -0.05) is 8.98 Å². The monoisotopic (exact) mass is 144 g/mol. The van der Waals surface area contributed by atoms with Gasteiger partial charge in [-0.25, -0.2) is 0 Å². The van der Waals surface area contributed by atoms with Gasteiger partial charge in [0.15, 0.2) is 9.66 Å². The maximum absolute atomic E-state index is 3.74. The van der Waals surface area contributed by atoms with Crippen molar-refractivity contribution in [3.8, 4) is 0 Å². The maximum Gasteiger partial charge on any atom is 0.199 e. The first kappa shape index (κ1) is 4.28. The Kier molecular flexibility index (Phi) is 0.762. The van der Waals surface area contributed by atoms with Crippen molar-refractivity contribution in [3.05, 3.63) is 0 Å². The molecule has 2 aromatic heterocycles. The quantitative estimate of drug-likeness (QED) is 0.541. The van der Waals surface area contributed by atoms with Crippen molar-refractivity contribution < 1.29 is 0 Å². The molecule has 0 N–H and O–H groups in total. The van der Waals surface area contributed by atoms with E-state index in [0.29, 0.717) is 0 Å². The Morgan fingerprint density at radius 1 is 0.875 bits per heavy atom. The Labute approximate surface area is 52.5 Å². The van der Waals surface area contributed by atoms with Crippen LogP contribution in [0.25, 0.3) is 9.66 Å². The van der Waals surface area contributed by atoms with E-state index < -0.39 is 0 Å². The Bertz CT molecular complexity index is 233. The molecular formula is C2N4S2. The molecule has 0 bridgehead atoms. The number of rotatable bonds is 0.